The van der Waals surface area contributed by atoms with Gasteiger partial charge in [-0.1, -0.05) is 11.6 Å². The molecule has 0 bridgehead atoms. The Morgan fingerprint density at radius 3 is 2.79 bits per heavy atom. The van der Waals surface area contributed by atoms with Crippen molar-refractivity contribution in [1.82, 2.24) is 9.55 Å². The highest BCUT2D eigenvalue weighted by atomic mass is 35.5. The van der Waals surface area contributed by atoms with Crippen molar-refractivity contribution in [3.05, 3.63) is 11.5 Å². The summed E-state index contributed by atoms with van der Waals surface area (Å²) in [5.74, 6) is 0.957. The molecule has 0 aliphatic carbocycles. The highest BCUT2D eigenvalue weighted by Crippen LogP contribution is 2.27. The van der Waals surface area contributed by atoms with Gasteiger partial charge in [-0.2, -0.15) is 0 Å². The third-order valence-electron chi connectivity index (χ3n) is 2.51. The predicted molar refractivity (Wildman–Crippen MR) is 55.8 cm³/mol. The van der Waals surface area contributed by atoms with E-state index in [-0.39, 0.29) is 6.61 Å². The van der Waals surface area contributed by atoms with E-state index in [4.69, 9.17) is 16.7 Å². The number of hydrogen-bond donors (Lipinski definition) is 1. The lowest BCUT2D eigenvalue weighted by Gasteiger charge is -2.19. The second-order valence-electron chi connectivity index (χ2n) is 3.47. The van der Waals surface area contributed by atoms with Gasteiger partial charge in [-0.25, -0.2) is 4.98 Å². The minimum Gasteiger partial charge on any atom is -0.395 e. The number of nitrogens with zero attached hydrogens (tertiary/aromatic N) is 3. The molecule has 1 saturated heterocycles. The normalized spacial score (nSPS) is 16.6. The molecule has 1 aliphatic heterocycles. The molecule has 4 nitrogen and oxygen atoms in total. The summed E-state index contributed by atoms with van der Waals surface area (Å²) in [7, 11) is 0. The molecule has 0 radical (unpaired) electrons. The van der Waals surface area contributed by atoms with Crippen molar-refractivity contribution in [1.29, 1.82) is 0 Å². The van der Waals surface area contributed by atoms with Crippen LogP contribution in [0, 0.1) is 0 Å². The van der Waals surface area contributed by atoms with E-state index in [1.165, 1.54) is 12.8 Å². The summed E-state index contributed by atoms with van der Waals surface area (Å²) >= 11 is 6.01. The van der Waals surface area contributed by atoms with E-state index in [0.717, 1.165) is 18.9 Å². The minimum absolute atomic E-state index is 0.119. The molecule has 5 heteroatoms. The monoisotopic (exact) mass is 215 g/mol. The molecule has 0 amide bonds. The summed E-state index contributed by atoms with van der Waals surface area (Å²) in [5.41, 5.74) is 0. The maximum Gasteiger partial charge on any atom is 0.171 e. The maximum atomic E-state index is 8.89. The number of rotatable bonds is 3. The van der Waals surface area contributed by atoms with Gasteiger partial charge in [0.15, 0.2) is 5.15 Å². The smallest absolute Gasteiger partial charge is 0.171 e. The number of halogens is 1. The fourth-order valence-electron chi connectivity index (χ4n) is 1.86. The molecule has 0 saturated carbocycles. The van der Waals surface area contributed by atoms with Crippen molar-refractivity contribution in [2.45, 2.75) is 19.4 Å². The third kappa shape index (κ3) is 1.72. The summed E-state index contributed by atoms with van der Waals surface area (Å²) in [6.45, 7) is 2.76. The van der Waals surface area contributed by atoms with Crippen molar-refractivity contribution in [3.63, 3.8) is 0 Å². The lowest BCUT2D eigenvalue weighted by Crippen LogP contribution is -2.22. The molecule has 2 heterocycles. The second-order valence-corrected chi connectivity index (χ2v) is 3.83. The zero-order chi connectivity index (χ0) is 9.97. The standard InChI is InChI=1S/C9H14ClN3O/c10-8-9(12-3-1-2-4-12)13(5-6-14)7-11-8/h7,14H,1-6H2. The van der Waals surface area contributed by atoms with Crippen LogP contribution in [-0.2, 0) is 6.54 Å². The Morgan fingerprint density at radius 1 is 1.43 bits per heavy atom. The summed E-state index contributed by atoms with van der Waals surface area (Å²) < 4.78 is 1.91. The van der Waals surface area contributed by atoms with Gasteiger partial charge in [0, 0.05) is 19.6 Å². The van der Waals surface area contributed by atoms with Crippen LogP contribution in [-0.4, -0.2) is 34.4 Å². The molecule has 0 unspecified atom stereocenters. The summed E-state index contributed by atoms with van der Waals surface area (Å²) in [5, 5.41) is 9.43. The van der Waals surface area contributed by atoms with Crippen LogP contribution < -0.4 is 4.90 Å². The maximum absolute atomic E-state index is 8.89. The van der Waals surface area contributed by atoms with E-state index in [9.17, 15) is 0 Å². The van der Waals surface area contributed by atoms with E-state index < -0.39 is 0 Å². The first-order chi connectivity index (χ1) is 6.83. The van der Waals surface area contributed by atoms with Gasteiger partial charge in [0.05, 0.1) is 12.9 Å². The summed E-state index contributed by atoms with van der Waals surface area (Å²) in [6.07, 6.45) is 4.10. The van der Waals surface area contributed by atoms with Crippen LogP contribution >= 0.6 is 11.6 Å². The number of anilines is 1. The number of aliphatic hydroxyl groups is 1. The van der Waals surface area contributed by atoms with Crippen molar-refractivity contribution in [3.8, 4) is 0 Å². The van der Waals surface area contributed by atoms with Gasteiger partial charge >= 0.3 is 0 Å². The van der Waals surface area contributed by atoms with Crippen molar-refractivity contribution < 1.29 is 5.11 Å². The molecule has 1 aromatic rings. The zero-order valence-corrected chi connectivity index (χ0v) is 8.74. The highest BCUT2D eigenvalue weighted by Gasteiger charge is 2.19. The van der Waals surface area contributed by atoms with Crippen LogP contribution in [0.3, 0.4) is 0 Å². The molecule has 1 fully saturated rings. The van der Waals surface area contributed by atoms with Gasteiger partial charge in [-0.15, -0.1) is 0 Å². The third-order valence-corrected chi connectivity index (χ3v) is 2.78. The molecule has 2 rings (SSSR count). The summed E-state index contributed by atoms with van der Waals surface area (Å²) in [6, 6.07) is 0. The Kier molecular flexibility index (Phi) is 2.93. The number of imidazole rings is 1. The number of hydrogen-bond acceptors (Lipinski definition) is 3. The van der Waals surface area contributed by atoms with Crippen molar-refractivity contribution in [2.75, 3.05) is 24.6 Å². The Labute approximate surface area is 88.1 Å². The van der Waals surface area contributed by atoms with Crippen LogP contribution in [0.25, 0.3) is 0 Å². The average Bonchev–Trinajstić information content (AvgIpc) is 2.76. The molecular weight excluding hydrogens is 202 g/mol. The van der Waals surface area contributed by atoms with Gasteiger partial charge in [-0.05, 0) is 12.8 Å². The lowest BCUT2D eigenvalue weighted by atomic mass is 10.4. The summed E-state index contributed by atoms with van der Waals surface area (Å²) in [4.78, 5) is 6.28. The van der Waals surface area contributed by atoms with Gasteiger partial charge in [0.2, 0.25) is 0 Å². The zero-order valence-electron chi connectivity index (χ0n) is 7.99. The lowest BCUT2D eigenvalue weighted by molar-refractivity contribution is 0.276. The largest absolute Gasteiger partial charge is 0.395 e. The molecule has 14 heavy (non-hydrogen) atoms. The first-order valence-corrected chi connectivity index (χ1v) is 5.27. The van der Waals surface area contributed by atoms with Crippen molar-refractivity contribution in [2.24, 2.45) is 0 Å². The van der Waals surface area contributed by atoms with E-state index >= 15 is 0 Å². The quantitative estimate of drug-likeness (QED) is 0.822. The van der Waals surface area contributed by atoms with Crippen LogP contribution in [0.2, 0.25) is 5.15 Å². The number of aromatic nitrogens is 2. The Morgan fingerprint density at radius 2 is 2.14 bits per heavy atom. The predicted octanol–water partition coefficient (Wildman–Crippen LogP) is 1.13. The van der Waals surface area contributed by atoms with Gasteiger partial charge in [-0.3, -0.25) is 0 Å². The Hall–Kier alpha value is -0.740. The fourth-order valence-corrected chi connectivity index (χ4v) is 2.14. The molecular formula is C9H14ClN3O. The minimum atomic E-state index is 0.119. The first kappa shape index (κ1) is 9.80. The highest BCUT2D eigenvalue weighted by molar-refractivity contribution is 6.31. The number of aliphatic hydroxyl groups excluding tert-OH is 1. The van der Waals surface area contributed by atoms with Crippen LogP contribution in [0.1, 0.15) is 12.8 Å². The van der Waals surface area contributed by atoms with Crippen LogP contribution in [0.5, 0.6) is 0 Å². The van der Waals surface area contributed by atoms with E-state index in [2.05, 4.69) is 9.88 Å². The molecule has 0 aromatic carbocycles. The molecule has 1 N–H and O–H groups in total. The van der Waals surface area contributed by atoms with E-state index in [1.807, 2.05) is 4.57 Å². The Bertz CT molecular complexity index is 307. The molecule has 1 aromatic heterocycles. The first-order valence-electron chi connectivity index (χ1n) is 4.89. The average molecular weight is 216 g/mol. The molecule has 78 valence electrons. The van der Waals surface area contributed by atoms with E-state index in [0.29, 0.717) is 11.7 Å². The van der Waals surface area contributed by atoms with E-state index in [1.54, 1.807) is 6.33 Å². The van der Waals surface area contributed by atoms with Crippen molar-refractivity contribution >= 4 is 17.4 Å². The van der Waals surface area contributed by atoms with Crippen LogP contribution in [0.4, 0.5) is 5.82 Å². The molecule has 0 atom stereocenters. The second kappa shape index (κ2) is 4.19. The SMILES string of the molecule is OCCn1cnc(Cl)c1N1CCCC1. The Balaban J connectivity index is 2.24. The van der Waals surface area contributed by atoms with Gasteiger partial charge < -0.3 is 14.6 Å². The fraction of sp³-hybridized carbons (Fsp3) is 0.667. The molecule has 0 spiro atoms. The van der Waals surface area contributed by atoms with Crippen LogP contribution in [0.15, 0.2) is 6.33 Å². The topological polar surface area (TPSA) is 41.3 Å². The van der Waals surface area contributed by atoms with Gasteiger partial charge in [0.25, 0.3) is 0 Å². The molecule has 1 aliphatic rings. The van der Waals surface area contributed by atoms with Gasteiger partial charge in [0.1, 0.15) is 5.82 Å².